The normalized spacial score (nSPS) is 22.2. The molecule has 2 aliphatic heterocycles. The summed E-state index contributed by atoms with van der Waals surface area (Å²) in [6.07, 6.45) is 3.82. The summed E-state index contributed by atoms with van der Waals surface area (Å²) >= 11 is 0. The standard InChI is InChI=1S/C18H21N5O2.ClH/c1-22-8-7-20-17(22)15-11-19-6-9-23(15)18(25)13-10-16(24)21-14-5-3-2-4-12(13)14;/h2-5,7-8,13,15,19H,6,9-11H2,1H3,(H,21,24);1H. The van der Waals surface area contributed by atoms with Gasteiger partial charge in [-0.15, -0.1) is 12.4 Å². The summed E-state index contributed by atoms with van der Waals surface area (Å²) in [7, 11) is 1.93. The number of benzene rings is 1. The first-order chi connectivity index (χ1) is 12.1. The molecule has 26 heavy (non-hydrogen) atoms. The topological polar surface area (TPSA) is 79.3 Å². The lowest BCUT2D eigenvalue weighted by Gasteiger charge is -2.38. The highest BCUT2D eigenvalue weighted by atomic mass is 35.5. The molecule has 0 saturated carbocycles. The van der Waals surface area contributed by atoms with Gasteiger partial charge in [0, 0.05) is 51.2 Å². The van der Waals surface area contributed by atoms with E-state index in [9.17, 15) is 9.59 Å². The van der Waals surface area contributed by atoms with E-state index in [-0.39, 0.29) is 36.7 Å². The number of piperazine rings is 1. The molecule has 0 radical (unpaired) electrons. The molecule has 2 aliphatic rings. The number of carbonyl (C=O) groups excluding carboxylic acids is 2. The van der Waals surface area contributed by atoms with Crippen LogP contribution in [0.5, 0.6) is 0 Å². The Labute approximate surface area is 158 Å². The monoisotopic (exact) mass is 375 g/mol. The van der Waals surface area contributed by atoms with Crippen LogP contribution in [0, 0.1) is 0 Å². The van der Waals surface area contributed by atoms with Gasteiger partial charge in [0.25, 0.3) is 0 Å². The molecule has 7 nitrogen and oxygen atoms in total. The van der Waals surface area contributed by atoms with Gasteiger partial charge in [-0.1, -0.05) is 18.2 Å². The highest BCUT2D eigenvalue weighted by Crippen LogP contribution is 2.35. The van der Waals surface area contributed by atoms with E-state index in [2.05, 4.69) is 15.6 Å². The van der Waals surface area contributed by atoms with Gasteiger partial charge in [-0.05, 0) is 11.6 Å². The van der Waals surface area contributed by atoms with Gasteiger partial charge in [0.1, 0.15) is 11.9 Å². The first-order valence-corrected chi connectivity index (χ1v) is 8.52. The number of nitrogens with one attached hydrogen (secondary N) is 2. The fraction of sp³-hybridized carbons (Fsp3) is 0.389. The first kappa shape index (κ1) is 18.4. The Morgan fingerprint density at radius 2 is 2.12 bits per heavy atom. The number of anilines is 1. The lowest BCUT2D eigenvalue weighted by molar-refractivity contribution is -0.138. The Morgan fingerprint density at radius 1 is 1.31 bits per heavy atom. The minimum Gasteiger partial charge on any atom is -0.336 e. The second-order valence-electron chi connectivity index (χ2n) is 6.54. The molecule has 1 aromatic heterocycles. The van der Waals surface area contributed by atoms with Crippen LogP contribution in [0.3, 0.4) is 0 Å². The molecular formula is C18H22ClN5O2. The summed E-state index contributed by atoms with van der Waals surface area (Å²) in [6.45, 7) is 2.01. The minimum absolute atomic E-state index is 0. The van der Waals surface area contributed by atoms with E-state index in [1.54, 1.807) is 6.20 Å². The average Bonchev–Trinajstić information content (AvgIpc) is 3.06. The van der Waals surface area contributed by atoms with Crippen LogP contribution in [0.15, 0.2) is 36.7 Å². The van der Waals surface area contributed by atoms with Crippen LogP contribution in [-0.4, -0.2) is 45.9 Å². The maximum atomic E-state index is 13.4. The van der Waals surface area contributed by atoms with Crippen molar-refractivity contribution in [2.45, 2.75) is 18.4 Å². The van der Waals surface area contributed by atoms with E-state index >= 15 is 0 Å². The molecule has 0 spiro atoms. The van der Waals surface area contributed by atoms with Gasteiger partial charge in [0.15, 0.2) is 0 Å². The number of aryl methyl sites for hydroxylation is 1. The number of carbonyl (C=O) groups is 2. The summed E-state index contributed by atoms with van der Waals surface area (Å²) in [5.74, 6) is 0.303. The zero-order chi connectivity index (χ0) is 17.4. The number of hydrogen-bond donors (Lipinski definition) is 2. The van der Waals surface area contributed by atoms with Gasteiger partial charge >= 0.3 is 0 Å². The predicted molar refractivity (Wildman–Crippen MR) is 100 cm³/mol. The Bertz CT molecular complexity index is 821. The fourth-order valence-electron chi connectivity index (χ4n) is 3.73. The Morgan fingerprint density at radius 3 is 2.88 bits per heavy atom. The van der Waals surface area contributed by atoms with Crippen LogP contribution < -0.4 is 10.6 Å². The van der Waals surface area contributed by atoms with Gasteiger partial charge in [-0.25, -0.2) is 4.98 Å². The molecular weight excluding hydrogens is 354 g/mol. The van der Waals surface area contributed by atoms with E-state index < -0.39 is 5.92 Å². The molecule has 1 fully saturated rings. The van der Waals surface area contributed by atoms with Gasteiger partial charge in [-0.2, -0.15) is 0 Å². The zero-order valence-corrected chi connectivity index (χ0v) is 15.3. The molecule has 2 N–H and O–H groups in total. The van der Waals surface area contributed by atoms with Crippen LogP contribution in [0.2, 0.25) is 0 Å². The van der Waals surface area contributed by atoms with Crippen molar-refractivity contribution in [2.24, 2.45) is 7.05 Å². The third-order valence-electron chi connectivity index (χ3n) is 4.98. The SMILES string of the molecule is Cl.Cn1ccnc1C1CNCCN1C(=O)C1CC(=O)Nc2ccccc21. The molecule has 0 aliphatic carbocycles. The van der Waals surface area contributed by atoms with Crippen molar-refractivity contribution < 1.29 is 9.59 Å². The van der Waals surface area contributed by atoms with Crippen molar-refractivity contribution in [3.63, 3.8) is 0 Å². The molecule has 2 amide bonds. The number of fused-ring (bicyclic) bond motifs is 1. The highest BCUT2D eigenvalue weighted by Gasteiger charge is 2.38. The van der Waals surface area contributed by atoms with Crippen LogP contribution in [0.4, 0.5) is 5.69 Å². The molecule has 2 atom stereocenters. The van der Waals surface area contributed by atoms with Crippen molar-refractivity contribution in [2.75, 3.05) is 25.0 Å². The largest absolute Gasteiger partial charge is 0.336 e. The molecule has 0 bridgehead atoms. The van der Waals surface area contributed by atoms with Crippen LogP contribution >= 0.6 is 12.4 Å². The summed E-state index contributed by atoms with van der Waals surface area (Å²) in [6, 6.07) is 7.42. The molecule has 8 heteroatoms. The number of hydrogen-bond acceptors (Lipinski definition) is 4. The van der Waals surface area contributed by atoms with Gasteiger partial charge < -0.3 is 20.1 Å². The molecule has 138 valence electrons. The quantitative estimate of drug-likeness (QED) is 0.832. The van der Waals surface area contributed by atoms with E-state index in [0.29, 0.717) is 13.1 Å². The number of rotatable bonds is 2. The average molecular weight is 376 g/mol. The second-order valence-corrected chi connectivity index (χ2v) is 6.54. The summed E-state index contributed by atoms with van der Waals surface area (Å²) in [5, 5.41) is 6.20. The number of para-hydroxylation sites is 1. The number of amides is 2. The second kappa shape index (κ2) is 7.47. The third kappa shape index (κ3) is 3.20. The van der Waals surface area contributed by atoms with Gasteiger partial charge in [-0.3, -0.25) is 9.59 Å². The molecule has 1 aromatic carbocycles. The molecule has 2 aromatic rings. The maximum Gasteiger partial charge on any atom is 0.231 e. The van der Waals surface area contributed by atoms with Crippen molar-refractivity contribution >= 4 is 29.9 Å². The van der Waals surface area contributed by atoms with Crippen molar-refractivity contribution in [3.05, 3.63) is 48.0 Å². The molecule has 1 saturated heterocycles. The smallest absolute Gasteiger partial charge is 0.231 e. The van der Waals surface area contributed by atoms with E-state index in [1.165, 1.54) is 0 Å². The van der Waals surface area contributed by atoms with Crippen molar-refractivity contribution in [1.29, 1.82) is 0 Å². The lowest BCUT2D eigenvalue weighted by Crippen LogP contribution is -2.51. The van der Waals surface area contributed by atoms with E-state index in [1.807, 2.05) is 47.0 Å². The summed E-state index contributed by atoms with van der Waals surface area (Å²) in [5.41, 5.74) is 1.63. The van der Waals surface area contributed by atoms with Crippen LogP contribution in [0.1, 0.15) is 29.8 Å². The van der Waals surface area contributed by atoms with E-state index in [4.69, 9.17) is 0 Å². The summed E-state index contributed by atoms with van der Waals surface area (Å²) in [4.78, 5) is 31.7. The summed E-state index contributed by atoms with van der Waals surface area (Å²) < 4.78 is 1.94. The zero-order valence-electron chi connectivity index (χ0n) is 14.5. The van der Waals surface area contributed by atoms with Crippen molar-refractivity contribution in [1.82, 2.24) is 19.8 Å². The molecule has 3 heterocycles. The molecule has 4 rings (SSSR count). The third-order valence-corrected chi connectivity index (χ3v) is 4.98. The van der Waals surface area contributed by atoms with Crippen LogP contribution in [0.25, 0.3) is 0 Å². The van der Waals surface area contributed by atoms with E-state index in [0.717, 1.165) is 23.6 Å². The molecule has 2 unspecified atom stereocenters. The fourth-order valence-corrected chi connectivity index (χ4v) is 3.73. The Balaban J connectivity index is 0.00000196. The predicted octanol–water partition coefficient (Wildman–Crippen LogP) is 1.44. The first-order valence-electron chi connectivity index (χ1n) is 8.52. The number of aromatic nitrogens is 2. The Kier molecular flexibility index (Phi) is 5.29. The van der Waals surface area contributed by atoms with Crippen LogP contribution in [-0.2, 0) is 16.6 Å². The maximum absolute atomic E-state index is 13.4. The van der Waals surface area contributed by atoms with Gasteiger partial charge in [0.05, 0.1) is 5.92 Å². The number of halogens is 1. The number of nitrogens with zero attached hydrogens (tertiary/aromatic N) is 3. The highest BCUT2D eigenvalue weighted by molar-refractivity contribution is 6.01. The van der Waals surface area contributed by atoms with Crippen molar-refractivity contribution in [3.8, 4) is 0 Å². The number of imidazole rings is 1. The lowest BCUT2D eigenvalue weighted by atomic mass is 9.88. The minimum atomic E-state index is -0.439. The van der Waals surface area contributed by atoms with Gasteiger partial charge in [0.2, 0.25) is 11.8 Å². The Hall–Kier alpha value is -2.38.